The highest BCUT2D eigenvalue weighted by atomic mass is 35.5. The summed E-state index contributed by atoms with van der Waals surface area (Å²) >= 11 is 5.80. The monoisotopic (exact) mass is 299 g/mol. The number of hydrogen-bond acceptors (Lipinski definition) is 4. The zero-order valence-corrected chi connectivity index (χ0v) is 10.8. The molecule has 104 valence electrons. The second kappa shape index (κ2) is 4.89. The van der Waals surface area contributed by atoms with Crippen molar-refractivity contribution in [2.75, 3.05) is 0 Å². The topological polar surface area (TPSA) is 98.3 Å². The van der Waals surface area contributed by atoms with Crippen molar-refractivity contribution in [3.05, 3.63) is 50.5 Å². The summed E-state index contributed by atoms with van der Waals surface area (Å²) in [7, 11) is 0. The van der Waals surface area contributed by atoms with Crippen LogP contribution in [0.4, 0.5) is 10.1 Å². The maximum absolute atomic E-state index is 13.5. The zero-order valence-electron chi connectivity index (χ0n) is 10.0. The van der Waals surface area contributed by atoms with E-state index < -0.39 is 28.0 Å². The van der Waals surface area contributed by atoms with E-state index in [9.17, 15) is 19.3 Å². The largest absolute Gasteiger partial charge is 0.478 e. The van der Waals surface area contributed by atoms with Crippen LogP contribution in [0.5, 0.6) is 0 Å². The van der Waals surface area contributed by atoms with Crippen LogP contribution in [0.15, 0.2) is 18.3 Å². The molecule has 0 radical (unpaired) electrons. The molecular formula is C11H7ClFN3O4. The molecule has 9 heteroatoms. The normalized spacial score (nSPS) is 10.6. The SMILES string of the molecule is Cc1nn(-c2cc(C(=O)O)c(F)cc2[N+](=O)[O-])cc1Cl. The van der Waals surface area contributed by atoms with Gasteiger partial charge < -0.3 is 5.11 Å². The Bertz CT molecular complexity index is 709. The Morgan fingerprint density at radius 3 is 2.65 bits per heavy atom. The molecule has 0 aliphatic carbocycles. The summed E-state index contributed by atoms with van der Waals surface area (Å²) < 4.78 is 14.5. The quantitative estimate of drug-likeness (QED) is 0.693. The second-order valence-electron chi connectivity index (χ2n) is 3.89. The van der Waals surface area contributed by atoms with Gasteiger partial charge >= 0.3 is 5.97 Å². The predicted molar refractivity (Wildman–Crippen MR) is 66.9 cm³/mol. The number of nitro groups is 1. The smallest absolute Gasteiger partial charge is 0.338 e. The Balaban J connectivity index is 2.74. The number of aromatic nitrogens is 2. The number of carboxylic acid groups (broad SMARTS) is 1. The van der Waals surface area contributed by atoms with Gasteiger partial charge in [-0.2, -0.15) is 5.10 Å². The number of nitro benzene ring substituents is 1. The predicted octanol–water partition coefficient (Wildman–Crippen LogP) is 2.58. The van der Waals surface area contributed by atoms with Gasteiger partial charge in [-0.05, 0) is 13.0 Å². The maximum atomic E-state index is 13.5. The third-order valence-corrected chi connectivity index (χ3v) is 2.95. The summed E-state index contributed by atoms with van der Waals surface area (Å²) in [5.41, 5.74) is -1.06. The van der Waals surface area contributed by atoms with E-state index in [1.165, 1.54) is 6.20 Å². The van der Waals surface area contributed by atoms with Crippen molar-refractivity contribution >= 4 is 23.3 Å². The van der Waals surface area contributed by atoms with Gasteiger partial charge in [0.1, 0.15) is 11.5 Å². The van der Waals surface area contributed by atoms with Crippen molar-refractivity contribution in [2.24, 2.45) is 0 Å². The number of nitrogens with zero attached hydrogens (tertiary/aromatic N) is 3. The summed E-state index contributed by atoms with van der Waals surface area (Å²) in [5.74, 6) is -2.73. The van der Waals surface area contributed by atoms with Crippen LogP contribution in [0.1, 0.15) is 16.1 Å². The van der Waals surface area contributed by atoms with E-state index in [0.717, 1.165) is 10.7 Å². The fraction of sp³-hybridized carbons (Fsp3) is 0.0909. The molecule has 0 aliphatic heterocycles. The molecule has 2 rings (SSSR count). The molecule has 0 amide bonds. The van der Waals surface area contributed by atoms with Crippen molar-refractivity contribution in [2.45, 2.75) is 6.92 Å². The summed E-state index contributed by atoms with van der Waals surface area (Å²) in [6.45, 7) is 1.58. The van der Waals surface area contributed by atoms with Crippen LogP contribution in [0, 0.1) is 22.9 Å². The van der Waals surface area contributed by atoms with Gasteiger partial charge in [-0.25, -0.2) is 13.9 Å². The van der Waals surface area contributed by atoms with E-state index in [1.807, 2.05) is 0 Å². The fourth-order valence-corrected chi connectivity index (χ4v) is 1.74. The van der Waals surface area contributed by atoms with Gasteiger partial charge in [0.25, 0.3) is 5.69 Å². The van der Waals surface area contributed by atoms with Crippen molar-refractivity contribution in [1.29, 1.82) is 0 Å². The standard InChI is InChI=1S/C11H7ClFN3O4/c1-5-7(12)4-15(14-5)9-2-6(11(17)18)8(13)3-10(9)16(19)20/h2-4H,1H3,(H,17,18). The molecule has 0 saturated carbocycles. The summed E-state index contributed by atoms with van der Waals surface area (Å²) in [5, 5.41) is 24.0. The number of benzene rings is 1. The van der Waals surface area contributed by atoms with Crippen LogP contribution in [0.2, 0.25) is 5.02 Å². The highest BCUT2D eigenvalue weighted by Crippen LogP contribution is 2.27. The molecule has 0 aliphatic rings. The number of hydrogen-bond donors (Lipinski definition) is 1. The van der Waals surface area contributed by atoms with Gasteiger partial charge in [0.15, 0.2) is 0 Å². The lowest BCUT2D eigenvalue weighted by Gasteiger charge is -2.05. The number of carbonyl (C=O) groups is 1. The number of halogens is 2. The van der Waals surface area contributed by atoms with Gasteiger partial charge in [0.2, 0.25) is 0 Å². The minimum atomic E-state index is -1.53. The van der Waals surface area contributed by atoms with E-state index in [4.69, 9.17) is 16.7 Å². The molecule has 1 N–H and O–H groups in total. The molecule has 1 aromatic carbocycles. The third kappa shape index (κ3) is 2.32. The van der Waals surface area contributed by atoms with E-state index in [2.05, 4.69) is 5.10 Å². The van der Waals surface area contributed by atoms with E-state index in [0.29, 0.717) is 11.8 Å². The minimum Gasteiger partial charge on any atom is -0.478 e. The highest BCUT2D eigenvalue weighted by molar-refractivity contribution is 6.31. The number of carboxylic acids is 1. The third-order valence-electron chi connectivity index (χ3n) is 2.58. The van der Waals surface area contributed by atoms with Crippen LogP contribution >= 0.6 is 11.6 Å². The van der Waals surface area contributed by atoms with Gasteiger partial charge in [-0.15, -0.1) is 0 Å². The molecular weight excluding hydrogens is 293 g/mol. The summed E-state index contributed by atoms with van der Waals surface area (Å²) in [6.07, 6.45) is 1.28. The van der Waals surface area contributed by atoms with Crippen LogP contribution in [0.25, 0.3) is 5.69 Å². The Labute approximate surface area is 116 Å². The Kier molecular flexibility index (Phi) is 3.41. The lowest BCUT2D eigenvalue weighted by molar-refractivity contribution is -0.384. The lowest BCUT2D eigenvalue weighted by Crippen LogP contribution is -2.07. The van der Waals surface area contributed by atoms with E-state index >= 15 is 0 Å². The number of aryl methyl sites for hydroxylation is 1. The molecule has 20 heavy (non-hydrogen) atoms. The Hall–Kier alpha value is -2.48. The van der Waals surface area contributed by atoms with Gasteiger partial charge in [0.05, 0.1) is 27.3 Å². The molecule has 0 bridgehead atoms. The molecule has 2 aromatic rings. The molecule has 7 nitrogen and oxygen atoms in total. The fourth-order valence-electron chi connectivity index (χ4n) is 1.61. The van der Waals surface area contributed by atoms with Gasteiger partial charge in [0, 0.05) is 6.20 Å². The van der Waals surface area contributed by atoms with Crippen LogP contribution < -0.4 is 0 Å². The van der Waals surface area contributed by atoms with Crippen molar-refractivity contribution in [3.63, 3.8) is 0 Å². The van der Waals surface area contributed by atoms with Crippen molar-refractivity contribution < 1.29 is 19.2 Å². The number of rotatable bonds is 3. The molecule has 1 heterocycles. The number of aromatic carboxylic acids is 1. The molecule has 0 fully saturated rings. The van der Waals surface area contributed by atoms with Crippen LogP contribution in [-0.4, -0.2) is 25.8 Å². The first kappa shape index (κ1) is 13.9. The van der Waals surface area contributed by atoms with Crippen LogP contribution in [-0.2, 0) is 0 Å². The second-order valence-corrected chi connectivity index (χ2v) is 4.30. The van der Waals surface area contributed by atoms with Crippen molar-refractivity contribution in [1.82, 2.24) is 9.78 Å². The van der Waals surface area contributed by atoms with Gasteiger partial charge in [-0.1, -0.05) is 11.6 Å². The van der Waals surface area contributed by atoms with E-state index in [1.54, 1.807) is 6.92 Å². The average Bonchev–Trinajstić information content (AvgIpc) is 2.68. The summed E-state index contributed by atoms with van der Waals surface area (Å²) in [4.78, 5) is 21.0. The Morgan fingerprint density at radius 1 is 1.55 bits per heavy atom. The van der Waals surface area contributed by atoms with Gasteiger partial charge in [-0.3, -0.25) is 10.1 Å². The molecule has 0 spiro atoms. The molecule has 0 unspecified atom stereocenters. The molecule has 0 atom stereocenters. The highest BCUT2D eigenvalue weighted by Gasteiger charge is 2.23. The first-order valence-electron chi connectivity index (χ1n) is 5.24. The lowest BCUT2D eigenvalue weighted by atomic mass is 10.1. The minimum absolute atomic E-state index is 0.177. The molecule has 1 aromatic heterocycles. The van der Waals surface area contributed by atoms with E-state index in [-0.39, 0.29) is 10.7 Å². The first-order chi connectivity index (χ1) is 9.31. The summed E-state index contributed by atoms with van der Waals surface area (Å²) in [6, 6.07) is 1.39. The zero-order chi connectivity index (χ0) is 15.0. The first-order valence-corrected chi connectivity index (χ1v) is 5.62. The van der Waals surface area contributed by atoms with Crippen LogP contribution in [0.3, 0.4) is 0 Å². The average molecular weight is 300 g/mol. The van der Waals surface area contributed by atoms with Crippen molar-refractivity contribution in [3.8, 4) is 5.69 Å². The Morgan fingerprint density at radius 2 is 2.20 bits per heavy atom. The maximum Gasteiger partial charge on any atom is 0.338 e. The molecule has 0 saturated heterocycles.